The van der Waals surface area contributed by atoms with Gasteiger partial charge in [-0.25, -0.2) is 0 Å². The molecule has 1 aliphatic carbocycles. The highest BCUT2D eigenvalue weighted by Gasteiger charge is 2.36. The normalized spacial score (nSPS) is 21.1. The lowest BCUT2D eigenvalue weighted by Crippen LogP contribution is -2.54. The Morgan fingerprint density at radius 2 is 2.21 bits per heavy atom. The molecule has 0 bridgehead atoms. The molecule has 1 rings (SSSR count). The molecule has 0 radical (unpaired) electrons. The fourth-order valence-electron chi connectivity index (χ4n) is 1.94. The molecule has 3 N–H and O–H groups in total. The standard InChI is InChI=1S/C11H22N2O/c1-3-11(6-4-7-11)13-10(14)9(2)5-8-12/h9H,3-8,12H2,1-2H3,(H,13,14). The molecule has 0 aromatic carbocycles. The second kappa shape index (κ2) is 4.78. The first-order chi connectivity index (χ1) is 6.63. The third-order valence-corrected chi connectivity index (χ3v) is 3.42. The highest BCUT2D eigenvalue weighted by Crippen LogP contribution is 2.34. The van der Waals surface area contributed by atoms with Gasteiger partial charge >= 0.3 is 0 Å². The van der Waals surface area contributed by atoms with E-state index in [4.69, 9.17) is 5.73 Å². The second-order valence-corrected chi connectivity index (χ2v) is 4.46. The largest absolute Gasteiger partial charge is 0.350 e. The van der Waals surface area contributed by atoms with E-state index >= 15 is 0 Å². The molecule has 1 atom stereocenters. The van der Waals surface area contributed by atoms with Gasteiger partial charge in [-0.2, -0.15) is 0 Å². The average molecular weight is 198 g/mol. The molecule has 0 spiro atoms. The van der Waals surface area contributed by atoms with Crippen LogP contribution < -0.4 is 11.1 Å². The molecule has 3 nitrogen and oxygen atoms in total. The zero-order chi connectivity index (χ0) is 10.6. The fraction of sp³-hybridized carbons (Fsp3) is 0.909. The van der Waals surface area contributed by atoms with Crippen LogP contribution in [0.2, 0.25) is 0 Å². The molecule has 0 aliphatic heterocycles. The van der Waals surface area contributed by atoms with Crippen molar-refractivity contribution in [1.82, 2.24) is 5.32 Å². The van der Waals surface area contributed by atoms with Gasteiger partial charge in [-0.05, 0) is 38.6 Å². The molecule has 1 unspecified atom stereocenters. The molecular weight excluding hydrogens is 176 g/mol. The van der Waals surface area contributed by atoms with Gasteiger partial charge in [0, 0.05) is 11.5 Å². The number of nitrogens with one attached hydrogen (secondary N) is 1. The lowest BCUT2D eigenvalue weighted by Gasteiger charge is -2.42. The predicted molar refractivity (Wildman–Crippen MR) is 57.9 cm³/mol. The van der Waals surface area contributed by atoms with Crippen LogP contribution in [0, 0.1) is 5.92 Å². The summed E-state index contributed by atoms with van der Waals surface area (Å²) < 4.78 is 0. The third-order valence-electron chi connectivity index (χ3n) is 3.42. The van der Waals surface area contributed by atoms with Gasteiger partial charge in [0.2, 0.25) is 5.91 Å². The van der Waals surface area contributed by atoms with Crippen molar-refractivity contribution in [3.63, 3.8) is 0 Å². The number of nitrogens with two attached hydrogens (primary N) is 1. The maximum atomic E-state index is 11.7. The monoisotopic (exact) mass is 198 g/mol. The van der Waals surface area contributed by atoms with E-state index in [2.05, 4.69) is 12.2 Å². The molecule has 1 fully saturated rings. The smallest absolute Gasteiger partial charge is 0.223 e. The predicted octanol–water partition coefficient (Wildman–Crippen LogP) is 1.42. The number of carbonyl (C=O) groups excluding carboxylic acids is 1. The molecule has 0 saturated heterocycles. The minimum absolute atomic E-state index is 0.0593. The molecule has 0 aromatic rings. The van der Waals surface area contributed by atoms with E-state index in [1.165, 1.54) is 6.42 Å². The molecule has 14 heavy (non-hydrogen) atoms. The molecule has 1 saturated carbocycles. The minimum atomic E-state index is 0.0593. The highest BCUT2D eigenvalue weighted by atomic mass is 16.2. The first-order valence-electron chi connectivity index (χ1n) is 5.65. The Balaban J connectivity index is 2.38. The van der Waals surface area contributed by atoms with Crippen LogP contribution >= 0.6 is 0 Å². The molecule has 82 valence electrons. The van der Waals surface area contributed by atoms with Gasteiger partial charge in [-0.1, -0.05) is 13.8 Å². The van der Waals surface area contributed by atoms with E-state index in [1.54, 1.807) is 0 Å². The van der Waals surface area contributed by atoms with E-state index in [0.29, 0.717) is 6.54 Å². The summed E-state index contributed by atoms with van der Waals surface area (Å²) in [6.45, 7) is 4.69. The van der Waals surface area contributed by atoms with Gasteiger partial charge in [0.25, 0.3) is 0 Å². The number of amides is 1. The van der Waals surface area contributed by atoms with Crippen LogP contribution in [0.5, 0.6) is 0 Å². The van der Waals surface area contributed by atoms with Crippen molar-refractivity contribution < 1.29 is 4.79 Å². The Kier molecular flexibility index (Phi) is 3.93. The molecule has 1 aliphatic rings. The van der Waals surface area contributed by atoms with Crippen molar-refractivity contribution in [2.45, 2.75) is 51.5 Å². The summed E-state index contributed by atoms with van der Waals surface area (Å²) in [6, 6.07) is 0. The number of hydrogen-bond acceptors (Lipinski definition) is 2. The van der Waals surface area contributed by atoms with E-state index in [0.717, 1.165) is 25.7 Å². The summed E-state index contributed by atoms with van der Waals surface area (Å²) >= 11 is 0. The quantitative estimate of drug-likeness (QED) is 0.702. The van der Waals surface area contributed by atoms with Crippen molar-refractivity contribution in [3.05, 3.63) is 0 Å². The van der Waals surface area contributed by atoms with Crippen LogP contribution in [-0.4, -0.2) is 18.0 Å². The van der Waals surface area contributed by atoms with E-state index < -0.39 is 0 Å². The SMILES string of the molecule is CCC1(NC(=O)C(C)CCN)CCC1. The molecule has 3 heteroatoms. The van der Waals surface area contributed by atoms with E-state index in [1.807, 2.05) is 6.92 Å². The Labute approximate surface area is 86.4 Å². The average Bonchev–Trinajstić information content (AvgIpc) is 2.11. The number of hydrogen-bond donors (Lipinski definition) is 2. The lowest BCUT2D eigenvalue weighted by atomic mass is 9.74. The van der Waals surface area contributed by atoms with Crippen LogP contribution in [-0.2, 0) is 4.79 Å². The van der Waals surface area contributed by atoms with Crippen molar-refractivity contribution in [2.24, 2.45) is 11.7 Å². The zero-order valence-electron chi connectivity index (χ0n) is 9.31. The highest BCUT2D eigenvalue weighted by molar-refractivity contribution is 5.79. The number of carbonyl (C=O) groups is 1. The zero-order valence-corrected chi connectivity index (χ0v) is 9.31. The summed E-state index contributed by atoms with van der Waals surface area (Å²) in [7, 11) is 0. The molecule has 1 amide bonds. The van der Waals surface area contributed by atoms with Gasteiger partial charge < -0.3 is 11.1 Å². The second-order valence-electron chi connectivity index (χ2n) is 4.46. The summed E-state index contributed by atoms with van der Waals surface area (Å²) in [4.78, 5) is 11.7. The summed E-state index contributed by atoms with van der Waals surface area (Å²) in [6.07, 6.45) is 5.37. The number of rotatable bonds is 5. The van der Waals surface area contributed by atoms with Gasteiger partial charge in [0.15, 0.2) is 0 Å². The van der Waals surface area contributed by atoms with Gasteiger partial charge in [0.1, 0.15) is 0 Å². The summed E-state index contributed by atoms with van der Waals surface area (Å²) in [5.74, 6) is 0.237. The minimum Gasteiger partial charge on any atom is -0.350 e. The fourth-order valence-corrected chi connectivity index (χ4v) is 1.94. The molecule has 0 aromatic heterocycles. The van der Waals surface area contributed by atoms with Crippen LogP contribution in [0.25, 0.3) is 0 Å². The summed E-state index contributed by atoms with van der Waals surface area (Å²) in [5, 5.41) is 3.17. The Bertz CT molecular complexity index is 194. The van der Waals surface area contributed by atoms with Crippen molar-refractivity contribution in [2.75, 3.05) is 6.54 Å². The first-order valence-corrected chi connectivity index (χ1v) is 5.65. The van der Waals surface area contributed by atoms with Crippen molar-refractivity contribution in [1.29, 1.82) is 0 Å². The molecule has 0 heterocycles. The van der Waals surface area contributed by atoms with E-state index in [-0.39, 0.29) is 17.4 Å². The first kappa shape index (κ1) is 11.5. The Morgan fingerprint density at radius 3 is 2.57 bits per heavy atom. The summed E-state index contributed by atoms with van der Waals surface area (Å²) in [5.41, 5.74) is 5.55. The van der Waals surface area contributed by atoms with Gasteiger partial charge in [0.05, 0.1) is 0 Å². The third kappa shape index (κ3) is 2.47. The van der Waals surface area contributed by atoms with Gasteiger partial charge in [-0.3, -0.25) is 4.79 Å². The lowest BCUT2D eigenvalue weighted by molar-refractivity contribution is -0.127. The maximum absolute atomic E-state index is 11.7. The molecular formula is C11H22N2O. The van der Waals surface area contributed by atoms with Crippen LogP contribution in [0.15, 0.2) is 0 Å². The Hall–Kier alpha value is -0.570. The van der Waals surface area contributed by atoms with Crippen LogP contribution in [0.4, 0.5) is 0 Å². The maximum Gasteiger partial charge on any atom is 0.223 e. The van der Waals surface area contributed by atoms with E-state index in [9.17, 15) is 4.79 Å². The van der Waals surface area contributed by atoms with Crippen LogP contribution in [0.1, 0.15) is 46.0 Å². The van der Waals surface area contributed by atoms with Crippen molar-refractivity contribution in [3.8, 4) is 0 Å². The van der Waals surface area contributed by atoms with Crippen LogP contribution in [0.3, 0.4) is 0 Å². The Morgan fingerprint density at radius 1 is 1.57 bits per heavy atom. The van der Waals surface area contributed by atoms with Gasteiger partial charge in [-0.15, -0.1) is 0 Å². The topological polar surface area (TPSA) is 55.1 Å². The van der Waals surface area contributed by atoms with Crippen molar-refractivity contribution >= 4 is 5.91 Å².